The van der Waals surface area contributed by atoms with Crippen molar-refractivity contribution in [3.8, 4) is 5.75 Å². The topological polar surface area (TPSA) is 108 Å². The van der Waals surface area contributed by atoms with E-state index in [9.17, 15) is 19.5 Å². The number of aromatic hydroxyl groups is 1. The summed E-state index contributed by atoms with van der Waals surface area (Å²) in [5.41, 5.74) is 3.05. The molecule has 0 aliphatic carbocycles. The molecule has 170 valence electrons. The van der Waals surface area contributed by atoms with Crippen molar-refractivity contribution in [1.82, 2.24) is 5.32 Å². The number of aryl methyl sites for hydroxylation is 2. The van der Waals surface area contributed by atoms with E-state index in [-0.39, 0.29) is 17.2 Å². The van der Waals surface area contributed by atoms with Gasteiger partial charge in [0.05, 0.1) is 5.56 Å². The van der Waals surface area contributed by atoms with Crippen molar-refractivity contribution in [3.63, 3.8) is 0 Å². The number of rotatable bonds is 4. The zero-order valence-electron chi connectivity index (χ0n) is 18.7. The number of phenolic OH excluding ortho intramolecular Hbond substituents is 1. The smallest absolute Gasteiger partial charge is 0.326 e. The molecule has 0 atom stereocenters. The van der Waals surface area contributed by atoms with Crippen LogP contribution in [0.2, 0.25) is 0 Å². The summed E-state index contributed by atoms with van der Waals surface area (Å²) < 4.78 is 0. The molecule has 0 spiro atoms. The van der Waals surface area contributed by atoms with Gasteiger partial charge in [-0.3, -0.25) is 14.9 Å². The van der Waals surface area contributed by atoms with Gasteiger partial charge in [0.1, 0.15) is 5.75 Å². The van der Waals surface area contributed by atoms with E-state index in [0.717, 1.165) is 22.0 Å². The summed E-state index contributed by atoms with van der Waals surface area (Å²) in [5.74, 6) is -1.17. The molecule has 0 unspecified atom stereocenters. The molecule has 0 bridgehead atoms. The number of hydrogen-bond donors (Lipinski definition) is 4. The molecule has 7 heteroatoms. The summed E-state index contributed by atoms with van der Waals surface area (Å²) >= 11 is 0. The van der Waals surface area contributed by atoms with Crippen molar-refractivity contribution in [2.24, 2.45) is 0 Å². The molecule has 7 nitrogen and oxygen atoms in total. The number of benzene rings is 4. The summed E-state index contributed by atoms with van der Waals surface area (Å²) in [5, 5.41) is 19.7. The van der Waals surface area contributed by atoms with Gasteiger partial charge in [-0.1, -0.05) is 42.5 Å². The highest BCUT2D eigenvalue weighted by molar-refractivity contribution is 6.11. The van der Waals surface area contributed by atoms with Gasteiger partial charge < -0.3 is 15.7 Å². The molecule has 4 aromatic carbocycles. The minimum absolute atomic E-state index is 0.00887. The van der Waals surface area contributed by atoms with Crippen LogP contribution in [0.3, 0.4) is 0 Å². The van der Waals surface area contributed by atoms with Crippen LogP contribution in [-0.2, 0) is 0 Å². The summed E-state index contributed by atoms with van der Waals surface area (Å²) in [6, 6.07) is 21.9. The number of para-hydroxylation sites is 1. The average molecular weight is 453 g/mol. The molecule has 0 heterocycles. The van der Waals surface area contributed by atoms with E-state index < -0.39 is 11.9 Å². The molecule has 34 heavy (non-hydrogen) atoms. The van der Waals surface area contributed by atoms with Crippen molar-refractivity contribution in [1.29, 1.82) is 0 Å². The summed E-state index contributed by atoms with van der Waals surface area (Å²) in [7, 11) is 0. The molecule has 4 N–H and O–H groups in total. The van der Waals surface area contributed by atoms with Crippen molar-refractivity contribution in [2.45, 2.75) is 13.8 Å². The zero-order valence-corrected chi connectivity index (χ0v) is 18.7. The van der Waals surface area contributed by atoms with Gasteiger partial charge in [-0.2, -0.15) is 0 Å². The highest BCUT2D eigenvalue weighted by atomic mass is 16.3. The monoisotopic (exact) mass is 453 g/mol. The van der Waals surface area contributed by atoms with E-state index in [1.54, 1.807) is 37.3 Å². The normalized spacial score (nSPS) is 10.5. The molecule has 0 fully saturated rings. The van der Waals surface area contributed by atoms with Gasteiger partial charge in [0.15, 0.2) is 0 Å². The van der Waals surface area contributed by atoms with Gasteiger partial charge in [0.2, 0.25) is 0 Å². The molecular weight excluding hydrogens is 430 g/mol. The van der Waals surface area contributed by atoms with E-state index in [1.807, 2.05) is 55.5 Å². The van der Waals surface area contributed by atoms with Crippen LogP contribution in [0.1, 0.15) is 31.8 Å². The fraction of sp³-hybridized carbons (Fsp3) is 0.0741. The molecule has 0 aliphatic heterocycles. The van der Waals surface area contributed by atoms with Gasteiger partial charge in [-0.25, -0.2) is 4.79 Å². The number of anilines is 2. The van der Waals surface area contributed by atoms with Gasteiger partial charge >= 0.3 is 6.03 Å². The molecule has 0 saturated heterocycles. The lowest BCUT2D eigenvalue weighted by Gasteiger charge is -2.12. The first-order valence-electron chi connectivity index (χ1n) is 10.6. The lowest BCUT2D eigenvalue weighted by atomic mass is 10.00. The first-order valence-corrected chi connectivity index (χ1v) is 10.6. The molecule has 4 aromatic rings. The Kier molecular flexibility index (Phi) is 6.27. The van der Waals surface area contributed by atoms with Gasteiger partial charge in [0.25, 0.3) is 11.8 Å². The number of urea groups is 1. The Balaban J connectivity index is 1.41. The maximum Gasteiger partial charge on any atom is 0.326 e. The Morgan fingerprint density at radius 2 is 1.44 bits per heavy atom. The Morgan fingerprint density at radius 3 is 2.18 bits per heavy atom. The molecule has 0 radical (unpaired) electrons. The number of nitrogens with one attached hydrogen (secondary N) is 3. The van der Waals surface area contributed by atoms with E-state index >= 15 is 0 Å². The average Bonchev–Trinajstić information content (AvgIpc) is 2.83. The van der Waals surface area contributed by atoms with Crippen LogP contribution in [0, 0.1) is 13.8 Å². The van der Waals surface area contributed by atoms with Crippen LogP contribution >= 0.6 is 0 Å². The van der Waals surface area contributed by atoms with Crippen molar-refractivity contribution in [2.75, 3.05) is 10.6 Å². The lowest BCUT2D eigenvalue weighted by molar-refractivity contribution is 0.0963. The van der Waals surface area contributed by atoms with Crippen LogP contribution in [0.25, 0.3) is 10.8 Å². The Hall–Kier alpha value is -4.65. The van der Waals surface area contributed by atoms with E-state index in [0.29, 0.717) is 16.8 Å². The van der Waals surface area contributed by atoms with Crippen LogP contribution < -0.4 is 16.0 Å². The number of amides is 4. The third kappa shape index (κ3) is 4.73. The second-order valence-corrected chi connectivity index (χ2v) is 7.87. The number of carbonyl (C=O) groups excluding carboxylic acids is 3. The predicted octanol–water partition coefficient (Wildman–Crippen LogP) is 5.38. The van der Waals surface area contributed by atoms with E-state index in [1.165, 1.54) is 0 Å². The Labute approximate surface area is 196 Å². The maximum atomic E-state index is 12.6. The van der Waals surface area contributed by atoms with Crippen molar-refractivity contribution >= 4 is 40.0 Å². The number of hydrogen-bond acceptors (Lipinski definition) is 4. The first-order chi connectivity index (χ1) is 16.3. The third-order valence-corrected chi connectivity index (χ3v) is 5.54. The van der Waals surface area contributed by atoms with Crippen LogP contribution in [-0.4, -0.2) is 23.0 Å². The molecule has 4 rings (SSSR count). The fourth-order valence-corrected chi connectivity index (χ4v) is 3.64. The van der Waals surface area contributed by atoms with Gasteiger partial charge in [-0.05, 0) is 72.1 Å². The number of imide groups is 1. The molecule has 0 saturated carbocycles. The quantitative estimate of drug-likeness (QED) is 0.333. The largest absolute Gasteiger partial charge is 0.507 e. The minimum Gasteiger partial charge on any atom is -0.507 e. The van der Waals surface area contributed by atoms with Gasteiger partial charge in [0, 0.05) is 16.9 Å². The second-order valence-electron chi connectivity index (χ2n) is 7.87. The highest BCUT2D eigenvalue weighted by Gasteiger charge is 2.18. The van der Waals surface area contributed by atoms with E-state index in [4.69, 9.17) is 0 Å². The van der Waals surface area contributed by atoms with Crippen LogP contribution in [0.4, 0.5) is 16.2 Å². The number of fused-ring (bicyclic) bond motifs is 1. The molecular formula is C27H23N3O4. The number of carbonyl (C=O) groups is 3. The van der Waals surface area contributed by atoms with Gasteiger partial charge in [-0.15, -0.1) is 0 Å². The Morgan fingerprint density at radius 1 is 0.765 bits per heavy atom. The minimum atomic E-state index is -0.757. The van der Waals surface area contributed by atoms with Crippen LogP contribution in [0.15, 0.2) is 78.9 Å². The van der Waals surface area contributed by atoms with E-state index in [2.05, 4.69) is 16.0 Å². The summed E-state index contributed by atoms with van der Waals surface area (Å²) in [4.78, 5) is 37.4. The third-order valence-electron chi connectivity index (χ3n) is 5.54. The Bertz CT molecular complexity index is 1410. The fourth-order valence-electron chi connectivity index (χ4n) is 3.64. The standard InChI is InChI=1S/C27H23N3O4/c1-16-7-3-6-10-23(16)29-25(32)18-11-13-20(14-12-18)28-27(34)30-26(33)22-15-19-8-4-5-9-21(19)17(2)24(22)31/h3-15,31H,1-2H3,(H,29,32)(H2,28,30,33,34). The highest BCUT2D eigenvalue weighted by Crippen LogP contribution is 2.30. The predicted molar refractivity (Wildman–Crippen MR) is 132 cm³/mol. The second kappa shape index (κ2) is 9.46. The summed E-state index contributed by atoms with van der Waals surface area (Å²) in [6.07, 6.45) is 0. The molecule has 0 aliphatic rings. The summed E-state index contributed by atoms with van der Waals surface area (Å²) in [6.45, 7) is 3.62. The zero-order chi connectivity index (χ0) is 24.2. The molecule has 0 aromatic heterocycles. The first kappa shape index (κ1) is 22.5. The maximum absolute atomic E-state index is 12.6. The SMILES string of the molecule is Cc1ccccc1NC(=O)c1ccc(NC(=O)NC(=O)c2cc3ccccc3c(C)c2O)cc1. The van der Waals surface area contributed by atoms with Crippen molar-refractivity contribution in [3.05, 3.63) is 101 Å². The van der Waals surface area contributed by atoms with Crippen molar-refractivity contribution < 1.29 is 19.5 Å². The number of phenols is 1. The lowest BCUT2D eigenvalue weighted by Crippen LogP contribution is -2.34. The van der Waals surface area contributed by atoms with Crippen LogP contribution in [0.5, 0.6) is 5.75 Å². The molecule has 4 amide bonds.